The molecule has 0 aromatic carbocycles. The van der Waals surface area contributed by atoms with Gasteiger partial charge in [0.05, 0.1) is 0 Å². The molecule has 2 unspecified atom stereocenters. The highest BCUT2D eigenvalue weighted by Crippen LogP contribution is 2.34. The Morgan fingerprint density at radius 3 is 2.00 bits per heavy atom. The summed E-state index contributed by atoms with van der Waals surface area (Å²) in [5, 5.41) is 0. The van der Waals surface area contributed by atoms with E-state index in [4.69, 9.17) is 0 Å². The molecule has 0 amide bonds. The number of nitrogens with zero attached hydrogens (tertiary/aromatic N) is 2. The topological polar surface area (TPSA) is 6.48 Å². The van der Waals surface area contributed by atoms with Crippen LogP contribution in [0, 0.1) is 5.92 Å². The van der Waals surface area contributed by atoms with Crippen molar-refractivity contribution in [1.82, 2.24) is 9.80 Å². The largest absolute Gasteiger partial charge is 0.310 e. The Balaban J connectivity index is 0.000000354. The zero-order valence-corrected chi connectivity index (χ0v) is 13.7. The minimum atomic E-state index is 0.956. The summed E-state index contributed by atoms with van der Waals surface area (Å²) in [5.41, 5.74) is 0. The van der Waals surface area contributed by atoms with Crippen molar-refractivity contribution in [2.24, 2.45) is 5.92 Å². The molecule has 0 bridgehead atoms. The summed E-state index contributed by atoms with van der Waals surface area (Å²) in [5.74, 6) is 1.06. The van der Waals surface area contributed by atoms with Crippen molar-refractivity contribution in [2.45, 2.75) is 65.3 Å². The van der Waals surface area contributed by atoms with Crippen LogP contribution in [0.15, 0.2) is 0 Å². The predicted octanol–water partition coefficient (Wildman–Crippen LogP) is 3.86. The van der Waals surface area contributed by atoms with Crippen LogP contribution in [0.3, 0.4) is 0 Å². The number of hydrogen-bond acceptors (Lipinski definition) is 2. The Kier molecular flexibility index (Phi) is 10.8. The third-order valence-electron chi connectivity index (χ3n) is 4.15. The molecule has 110 valence electrons. The highest BCUT2D eigenvalue weighted by Gasteiger charge is 2.30. The maximum Gasteiger partial charge on any atom is 0.0120 e. The first-order valence-electron chi connectivity index (χ1n) is 8.00. The average molecular weight is 256 g/mol. The van der Waals surface area contributed by atoms with Gasteiger partial charge in [-0.3, -0.25) is 0 Å². The van der Waals surface area contributed by atoms with Gasteiger partial charge in [-0.25, -0.2) is 0 Å². The molecule has 0 aromatic heterocycles. The highest BCUT2D eigenvalue weighted by molar-refractivity contribution is 4.85. The van der Waals surface area contributed by atoms with Crippen LogP contribution in [0.2, 0.25) is 0 Å². The summed E-state index contributed by atoms with van der Waals surface area (Å²) in [7, 11) is 6.42. The number of hydrogen-bond donors (Lipinski definition) is 0. The molecule has 0 N–H and O–H groups in total. The molecule has 1 aliphatic carbocycles. The first-order valence-corrected chi connectivity index (χ1v) is 8.00. The van der Waals surface area contributed by atoms with E-state index in [0.29, 0.717) is 0 Å². The summed E-state index contributed by atoms with van der Waals surface area (Å²) < 4.78 is 0. The van der Waals surface area contributed by atoms with E-state index in [-0.39, 0.29) is 0 Å². The lowest BCUT2D eigenvalue weighted by Crippen LogP contribution is -2.44. The molecule has 1 saturated heterocycles. The lowest BCUT2D eigenvalue weighted by Gasteiger charge is -2.42. The van der Waals surface area contributed by atoms with Gasteiger partial charge in [-0.05, 0) is 65.8 Å². The highest BCUT2D eigenvalue weighted by atomic mass is 15.1. The fourth-order valence-corrected chi connectivity index (χ4v) is 2.87. The Labute approximate surface area is 116 Å². The molecule has 0 spiro atoms. The zero-order valence-electron chi connectivity index (χ0n) is 13.7. The van der Waals surface area contributed by atoms with E-state index in [0.717, 1.165) is 18.5 Å². The molecule has 18 heavy (non-hydrogen) atoms. The van der Waals surface area contributed by atoms with Crippen molar-refractivity contribution in [3.63, 3.8) is 0 Å². The molecule has 2 fully saturated rings. The fourth-order valence-electron chi connectivity index (χ4n) is 2.87. The molecule has 0 radical (unpaired) electrons. The molecular weight excluding hydrogens is 220 g/mol. The number of fused-ring (bicyclic) bond motifs is 1. The Morgan fingerprint density at radius 2 is 1.50 bits per heavy atom. The van der Waals surface area contributed by atoms with E-state index in [1.54, 1.807) is 0 Å². The summed E-state index contributed by atoms with van der Waals surface area (Å²) in [6, 6.07) is 0.956. The monoisotopic (exact) mass is 256 g/mol. The van der Waals surface area contributed by atoms with Gasteiger partial charge in [-0.15, -0.1) is 0 Å². The molecule has 1 aliphatic heterocycles. The minimum Gasteiger partial charge on any atom is -0.310 e. The summed E-state index contributed by atoms with van der Waals surface area (Å²) in [6.07, 6.45) is 8.91. The van der Waals surface area contributed by atoms with Gasteiger partial charge in [0.15, 0.2) is 0 Å². The van der Waals surface area contributed by atoms with Gasteiger partial charge in [0.25, 0.3) is 0 Å². The average Bonchev–Trinajstić information content (AvgIpc) is 2.42. The molecule has 1 heterocycles. The third-order valence-corrected chi connectivity index (χ3v) is 4.15. The molecule has 1 saturated carbocycles. The zero-order chi connectivity index (χ0) is 14.0. The Hall–Kier alpha value is -0.0800. The van der Waals surface area contributed by atoms with Crippen molar-refractivity contribution >= 4 is 0 Å². The van der Waals surface area contributed by atoms with Crippen LogP contribution in [-0.4, -0.2) is 50.1 Å². The van der Waals surface area contributed by atoms with E-state index >= 15 is 0 Å². The van der Waals surface area contributed by atoms with Crippen LogP contribution in [0.1, 0.15) is 59.3 Å². The second kappa shape index (κ2) is 10.8. The van der Waals surface area contributed by atoms with Crippen molar-refractivity contribution in [1.29, 1.82) is 0 Å². The molecule has 2 heteroatoms. The SMILES string of the molecule is CC.CCN(C)C.CN1CCCC2CCCCC21. The number of piperidine rings is 1. The number of rotatable bonds is 1. The maximum atomic E-state index is 2.59. The van der Waals surface area contributed by atoms with E-state index in [2.05, 4.69) is 37.9 Å². The van der Waals surface area contributed by atoms with Crippen LogP contribution in [0.5, 0.6) is 0 Å². The second-order valence-electron chi connectivity index (χ2n) is 5.63. The van der Waals surface area contributed by atoms with Crippen LogP contribution < -0.4 is 0 Å². The summed E-state index contributed by atoms with van der Waals surface area (Å²) >= 11 is 0. The van der Waals surface area contributed by atoms with E-state index in [9.17, 15) is 0 Å². The van der Waals surface area contributed by atoms with Crippen molar-refractivity contribution in [3.05, 3.63) is 0 Å². The first-order chi connectivity index (χ1) is 8.65. The quantitative estimate of drug-likeness (QED) is 0.703. The van der Waals surface area contributed by atoms with Gasteiger partial charge in [0, 0.05) is 6.04 Å². The van der Waals surface area contributed by atoms with Gasteiger partial charge < -0.3 is 9.80 Å². The van der Waals surface area contributed by atoms with E-state index in [1.807, 2.05) is 13.8 Å². The minimum absolute atomic E-state index is 0.956. The second-order valence-corrected chi connectivity index (χ2v) is 5.63. The Bertz CT molecular complexity index is 178. The standard InChI is InChI=1S/C10H19N.C4H11N.C2H6/c1-11-8-4-6-9-5-2-3-7-10(9)11;1-4-5(2)3;1-2/h9-10H,2-8H2,1H3;4H2,1-3H3;1-2H3. The van der Waals surface area contributed by atoms with E-state index in [1.165, 1.54) is 45.1 Å². The van der Waals surface area contributed by atoms with E-state index < -0.39 is 0 Å². The van der Waals surface area contributed by atoms with Crippen LogP contribution in [0.25, 0.3) is 0 Å². The lowest BCUT2D eigenvalue weighted by molar-refractivity contribution is 0.0841. The molecule has 2 rings (SSSR count). The molecule has 0 aromatic rings. The van der Waals surface area contributed by atoms with Crippen molar-refractivity contribution in [3.8, 4) is 0 Å². The van der Waals surface area contributed by atoms with Gasteiger partial charge >= 0.3 is 0 Å². The molecular formula is C16H36N2. The first kappa shape index (κ1) is 17.9. The van der Waals surface area contributed by atoms with Gasteiger partial charge in [0.2, 0.25) is 0 Å². The fraction of sp³-hybridized carbons (Fsp3) is 1.00. The van der Waals surface area contributed by atoms with Crippen LogP contribution >= 0.6 is 0 Å². The maximum absolute atomic E-state index is 2.59. The Morgan fingerprint density at radius 1 is 1.00 bits per heavy atom. The molecule has 2 atom stereocenters. The van der Waals surface area contributed by atoms with Gasteiger partial charge in [-0.2, -0.15) is 0 Å². The van der Waals surface area contributed by atoms with Gasteiger partial charge in [-0.1, -0.05) is 33.6 Å². The predicted molar refractivity (Wildman–Crippen MR) is 83.2 cm³/mol. The smallest absolute Gasteiger partial charge is 0.0120 e. The van der Waals surface area contributed by atoms with Crippen molar-refractivity contribution in [2.75, 3.05) is 34.2 Å². The van der Waals surface area contributed by atoms with Crippen molar-refractivity contribution < 1.29 is 0 Å². The summed E-state index contributed by atoms with van der Waals surface area (Å²) in [6.45, 7) is 8.61. The van der Waals surface area contributed by atoms with Gasteiger partial charge in [0.1, 0.15) is 0 Å². The molecule has 2 nitrogen and oxygen atoms in total. The summed E-state index contributed by atoms with van der Waals surface area (Å²) in [4.78, 5) is 4.72. The number of likely N-dealkylation sites (tertiary alicyclic amines) is 1. The van der Waals surface area contributed by atoms with Crippen LogP contribution in [0.4, 0.5) is 0 Å². The normalized spacial score (nSPS) is 27.5. The van der Waals surface area contributed by atoms with Crippen LogP contribution in [-0.2, 0) is 0 Å². The third kappa shape index (κ3) is 6.75. The lowest BCUT2D eigenvalue weighted by atomic mass is 9.79. The molecule has 2 aliphatic rings.